The zero-order valence-electron chi connectivity index (χ0n) is 20.1. The summed E-state index contributed by atoms with van der Waals surface area (Å²) in [5.41, 5.74) is 1.02. The number of hydrogen-bond acceptors (Lipinski definition) is 6. The normalized spacial score (nSPS) is 20.9. The number of pyridine rings is 1. The zero-order chi connectivity index (χ0) is 24.8. The highest BCUT2D eigenvalue weighted by atomic mass is 16.5. The van der Waals surface area contributed by atoms with Crippen LogP contribution in [-0.2, 0) is 25.7 Å². The van der Waals surface area contributed by atoms with Crippen LogP contribution in [0.4, 0.5) is 5.69 Å². The van der Waals surface area contributed by atoms with Crippen LogP contribution in [0.25, 0.3) is 0 Å². The number of esters is 1. The first-order valence-electron chi connectivity index (χ1n) is 11.2. The van der Waals surface area contributed by atoms with Crippen LogP contribution < -0.4 is 4.90 Å². The molecule has 2 aliphatic rings. The standard InChI is InChI=1S/C26H29N3O5/c1-25(2)21(26(25,3)4)23(32)28(15-16-7-6-12-27-14-16)19-13-20(30)29(22(19)31)18-10-8-17(9-11-18)24(33)34-5/h6-12,14,19,21H,13,15H2,1-5H3. The van der Waals surface area contributed by atoms with Gasteiger partial charge in [-0.2, -0.15) is 0 Å². The number of carbonyl (C=O) groups is 4. The molecule has 0 bridgehead atoms. The molecule has 1 saturated carbocycles. The Balaban J connectivity index is 1.64. The summed E-state index contributed by atoms with van der Waals surface area (Å²) in [5, 5.41) is 0. The van der Waals surface area contributed by atoms with E-state index in [1.807, 2.05) is 6.07 Å². The number of amides is 3. The minimum absolute atomic E-state index is 0.100. The number of imide groups is 1. The maximum Gasteiger partial charge on any atom is 0.337 e. The molecule has 1 saturated heterocycles. The van der Waals surface area contributed by atoms with Gasteiger partial charge in [0.2, 0.25) is 11.8 Å². The van der Waals surface area contributed by atoms with Crippen molar-refractivity contribution in [3.8, 4) is 0 Å². The number of carbonyl (C=O) groups excluding carboxylic acids is 4. The lowest BCUT2D eigenvalue weighted by atomic mass is 10.0. The van der Waals surface area contributed by atoms with Crippen LogP contribution in [0.3, 0.4) is 0 Å². The van der Waals surface area contributed by atoms with E-state index in [0.29, 0.717) is 11.3 Å². The van der Waals surface area contributed by atoms with Gasteiger partial charge in [0, 0.05) is 24.9 Å². The highest BCUT2D eigenvalue weighted by Crippen LogP contribution is 2.69. The van der Waals surface area contributed by atoms with Gasteiger partial charge in [0.1, 0.15) is 6.04 Å². The van der Waals surface area contributed by atoms with Crippen LogP contribution in [0.15, 0.2) is 48.8 Å². The first-order chi connectivity index (χ1) is 16.0. The lowest BCUT2D eigenvalue weighted by molar-refractivity contribution is -0.141. The Hall–Kier alpha value is -3.55. The Morgan fingerprint density at radius 1 is 1.09 bits per heavy atom. The third-order valence-electron chi connectivity index (χ3n) is 7.67. The predicted molar refractivity (Wildman–Crippen MR) is 125 cm³/mol. The number of hydrogen-bond donors (Lipinski definition) is 0. The van der Waals surface area contributed by atoms with Gasteiger partial charge in [0.15, 0.2) is 0 Å². The number of anilines is 1. The molecule has 8 heteroatoms. The molecule has 1 atom stereocenters. The predicted octanol–water partition coefficient (Wildman–Crippen LogP) is 3.21. The molecule has 1 aromatic carbocycles. The maximum absolute atomic E-state index is 13.7. The van der Waals surface area contributed by atoms with Gasteiger partial charge in [0.25, 0.3) is 5.91 Å². The molecule has 0 N–H and O–H groups in total. The number of ether oxygens (including phenoxy) is 1. The fourth-order valence-corrected chi connectivity index (χ4v) is 5.00. The monoisotopic (exact) mass is 463 g/mol. The van der Waals surface area contributed by atoms with Crippen molar-refractivity contribution in [3.05, 3.63) is 59.9 Å². The maximum atomic E-state index is 13.7. The molecule has 1 aliphatic carbocycles. The summed E-state index contributed by atoms with van der Waals surface area (Å²) < 4.78 is 4.70. The van der Waals surface area contributed by atoms with E-state index < -0.39 is 17.9 Å². The lowest BCUT2D eigenvalue weighted by Crippen LogP contribution is -2.46. The van der Waals surface area contributed by atoms with Crippen molar-refractivity contribution in [1.29, 1.82) is 0 Å². The summed E-state index contributed by atoms with van der Waals surface area (Å²) in [5.74, 6) is -1.74. The van der Waals surface area contributed by atoms with Crippen molar-refractivity contribution >= 4 is 29.4 Å². The first-order valence-corrected chi connectivity index (χ1v) is 11.2. The van der Waals surface area contributed by atoms with E-state index in [1.165, 1.54) is 31.4 Å². The molecule has 8 nitrogen and oxygen atoms in total. The number of benzene rings is 1. The summed E-state index contributed by atoms with van der Waals surface area (Å²) >= 11 is 0. The number of aromatic nitrogens is 1. The number of rotatable bonds is 6. The molecule has 4 rings (SSSR count). The molecule has 1 aromatic heterocycles. The molecular weight excluding hydrogens is 434 g/mol. The minimum Gasteiger partial charge on any atom is -0.465 e. The molecule has 2 fully saturated rings. The minimum atomic E-state index is -0.910. The molecule has 2 heterocycles. The molecule has 34 heavy (non-hydrogen) atoms. The van der Waals surface area contributed by atoms with E-state index >= 15 is 0 Å². The summed E-state index contributed by atoms with van der Waals surface area (Å²) in [4.78, 5) is 58.7. The third-order valence-corrected chi connectivity index (χ3v) is 7.67. The van der Waals surface area contributed by atoms with Gasteiger partial charge in [-0.3, -0.25) is 19.4 Å². The molecule has 2 aromatic rings. The quantitative estimate of drug-likeness (QED) is 0.482. The van der Waals surface area contributed by atoms with Crippen LogP contribution in [0.1, 0.15) is 50.0 Å². The van der Waals surface area contributed by atoms with Crippen LogP contribution in [-0.4, -0.2) is 46.7 Å². The highest BCUT2D eigenvalue weighted by molar-refractivity contribution is 6.23. The van der Waals surface area contributed by atoms with Crippen molar-refractivity contribution in [2.75, 3.05) is 12.0 Å². The Morgan fingerprint density at radius 3 is 2.26 bits per heavy atom. The number of methoxy groups -OCH3 is 1. The summed E-state index contributed by atoms with van der Waals surface area (Å²) in [6.07, 6.45) is 3.21. The SMILES string of the molecule is COC(=O)c1ccc(N2C(=O)CC(N(Cc3cccnc3)C(=O)C3C(C)(C)C3(C)C)C2=O)cc1. The van der Waals surface area contributed by atoms with Crippen molar-refractivity contribution in [3.63, 3.8) is 0 Å². The van der Waals surface area contributed by atoms with Gasteiger partial charge in [-0.1, -0.05) is 33.8 Å². The highest BCUT2D eigenvalue weighted by Gasteiger charge is 2.69. The molecule has 0 spiro atoms. The van der Waals surface area contributed by atoms with Gasteiger partial charge < -0.3 is 9.64 Å². The van der Waals surface area contributed by atoms with E-state index in [1.54, 1.807) is 23.4 Å². The molecular formula is C26H29N3O5. The second-order valence-corrected chi connectivity index (χ2v) is 10.0. The van der Waals surface area contributed by atoms with E-state index in [-0.39, 0.29) is 41.5 Å². The van der Waals surface area contributed by atoms with Crippen molar-refractivity contribution in [2.45, 2.75) is 46.7 Å². The van der Waals surface area contributed by atoms with Crippen LogP contribution in [0.5, 0.6) is 0 Å². The van der Waals surface area contributed by atoms with Crippen LogP contribution in [0.2, 0.25) is 0 Å². The van der Waals surface area contributed by atoms with Gasteiger partial charge in [-0.05, 0) is 46.7 Å². The average Bonchev–Trinajstić information content (AvgIpc) is 3.05. The fraction of sp³-hybridized carbons (Fsp3) is 0.423. The molecule has 1 unspecified atom stereocenters. The van der Waals surface area contributed by atoms with E-state index in [9.17, 15) is 19.2 Å². The van der Waals surface area contributed by atoms with E-state index in [2.05, 4.69) is 32.7 Å². The lowest BCUT2D eigenvalue weighted by Gasteiger charge is -2.28. The zero-order valence-corrected chi connectivity index (χ0v) is 20.1. The molecule has 0 radical (unpaired) electrons. The Kier molecular flexibility index (Phi) is 5.79. The Morgan fingerprint density at radius 2 is 1.74 bits per heavy atom. The topological polar surface area (TPSA) is 96.9 Å². The summed E-state index contributed by atoms with van der Waals surface area (Å²) in [7, 11) is 1.28. The van der Waals surface area contributed by atoms with Gasteiger partial charge >= 0.3 is 5.97 Å². The summed E-state index contributed by atoms with van der Waals surface area (Å²) in [6.45, 7) is 8.39. The van der Waals surface area contributed by atoms with Crippen LogP contribution in [0, 0.1) is 16.7 Å². The van der Waals surface area contributed by atoms with Crippen molar-refractivity contribution in [2.24, 2.45) is 16.7 Å². The van der Waals surface area contributed by atoms with Gasteiger partial charge in [-0.15, -0.1) is 0 Å². The molecule has 178 valence electrons. The van der Waals surface area contributed by atoms with Crippen molar-refractivity contribution < 1.29 is 23.9 Å². The molecule has 3 amide bonds. The number of nitrogens with zero attached hydrogens (tertiary/aromatic N) is 3. The fourth-order valence-electron chi connectivity index (χ4n) is 5.00. The summed E-state index contributed by atoms with van der Waals surface area (Å²) in [6, 6.07) is 8.79. The average molecular weight is 464 g/mol. The first kappa shape index (κ1) is 23.6. The van der Waals surface area contributed by atoms with Gasteiger partial charge in [0.05, 0.1) is 24.8 Å². The smallest absolute Gasteiger partial charge is 0.337 e. The Bertz CT molecular complexity index is 1130. The van der Waals surface area contributed by atoms with Crippen molar-refractivity contribution in [1.82, 2.24) is 9.88 Å². The second kappa shape index (κ2) is 8.34. The largest absolute Gasteiger partial charge is 0.465 e. The Labute approximate surface area is 198 Å². The van der Waals surface area contributed by atoms with E-state index in [0.717, 1.165) is 10.5 Å². The van der Waals surface area contributed by atoms with Crippen LogP contribution >= 0.6 is 0 Å². The third kappa shape index (κ3) is 3.77. The van der Waals surface area contributed by atoms with E-state index in [4.69, 9.17) is 4.74 Å². The molecule has 1 aliphatic heterocycles. The second-order valence-electron chi connectivity index (χ2n) is 10.0. The van der Waals surface area contributed by atoms with Gasteiger partial charge in [-0.25, -0.2) is 9.69 Å².